The maximum absolute atomic E-state index is 12.8. The molecule has 1 N–H and O–H groups in total. The average Bonchev–Trinajstić information content (AvgIpc) is 3.38. The fraction of sp³-hybridized carbons (Fsp3) is 0.611. The first kappa shape index (κ1) is 18.0. The minimum absolute atomic E-state index is 0.0278. The molecule has 10 heteroatoms. The Morgan fingerprint density at radius 3 is 2.89 bits per heavy atom. The Morgan fingerprint density at radius 1 is 1.25 bits per heavy atom. The Balaban J connectivity index is 1.34. The lowest BCUT2D eigenvalue weighted by Gasteiger charge is -2.32. The van der Waals surface area contributed by atoms with E-state index >= 15 is 0 Å². The van der Waals surface area contributed by atoms with Crippen LogP contribution >= 0.6 is 0 Å². The fourth-order valence-electron chi connectivity index (χ4n) is 4.77. The summed E-state index contributed by atoms with van der Waals surface area (Å²) in [6.45, 7) is 2.66. The molecule has 0 bridgehead atoms. The van der Waals surface area contributed by atoms with Gasteiger partial charge in [-0.25, -0.2) is 13.4 Å². The quantitative estimate of drug-likeness (QED) is 0.770. The van der Waals surface area contributed by atoms with Gasteiger partial charge in [-0.3, -0.25) is 9.69 Å². The zero-order chi connectivity index (χ0) is 19.3. The van der Waals surface area contributed by atoms with Crippen LogP contribution in [0.5, 0.6) is 0 Å². The number of nitrogens with one attached hydrogen (secondary N) is 1. The number of rotatable bonds is 3. The highest BCUT2D eigenvalue weighted by molar-refractivity contribution is 7.92. The van der Waals surface area contributed by atoms with E-state index < -0.39 is 27.0 Å². The van der Waals surface area contributed by atoms with Crippen LogP contribution in [0.1, 0.15) is 23.4 Å². The zero-order valence-electron chi connectivity index (χ0n) is 15.3. The summed E-state index contributed by atoms with van der Waals surface area (Å²) in [7, 11) is -3.25. The number of nitrogens with zero attached hydrogens (tertiary/aromatic N) is 3. The first-order valence-corrected chi connectivity index (χ1v) is 11.3. The molecular formula is C18H22N4O5S. The molecule has 9 nitrogen and oxygen atoms in total. The Kier molecular flexibility index (Phi) is 4.37. The second-order valence-electron chi connectivity index (χ2n) is 7.80. The van der Waals surface area contributed by atoms with Gasteiger partial charge in [-0.1, -0.05) is 5.16 Å². The molecule has 28 heavy (non-hydrogen) atoms. The molecular weight excluding hydrogens is 384 g/mol. The minimum atomic E-state index is -3.25. The van der Waals surface area contributed by atoms with E-state index in [1.807, 2.05) is 0 Å². The number of aromatic nitrogens is 2. The lowest BCUT2D eigenvalue weighted by atomic mass is 10.00. The van der Waals surface area contributed by atoms with E-state index in [4.69, 9.17) is 9.26 Å². The van der Waals surface area contributed by atoms with Gasteiger partial charge in [-0.15, -0.1) is 0 Å². The van der Waals surface area contributed by atoms with Crippen molar-refractivity contribution in [2.75, 3.05) is 32.1 Å². The largest absolute Gasteiger partial charge is 0.381 e. The molecule has 3 saturated heterocycles. The van der Waals surface area contributed by atoms with E-state index in [9.17, 15) is 13.2 Å². The SMILES string of the molecule is O=C(N[C@@H]1CS(=O)(=O)[C@H]2CN(C3CCOCC3)C[C@@H]12)c1onc2ncccc12. The van der Waals surface area contributed by atoms with Crippen molar-refractivity contribution in [3.8, 4) is 0 Å². The predicted octanol–water partition coefficient (Wildman–Crippen LogP) is 0.229. The molecule has 0 unspecified atom stereocenters. The third-order valence-electron chi connectivity index (χ3n) is 6.21. The van der Waals surface area contributed by atoms with Gasteiger partial charge in [0.2, 0.25) is 11.4 Å². The first-order chi connectivity index (χ1) is 13.5. The van der Waals surface area contributed by atoms with Gasteiger partial charge < -0.3 is 14.6 Å². The summed E-state index contributed by atoms with van der Waals surface area (Å²) in [5, 5.41) is 6.79. The fourth-order valence-corrected chi connectivity index (χ4v) is 7.08. The van der Waals surface area contributed by atoms with Crippen LogP contribution in [0.25, 0.3) is 11.0 Å². The highest BCUT2D eigenvalue weighted by Crippen LogP contribution is 2.36. The number of likely N-dealkylation sites (tertiary alicyclic amines) is 1. The number of sulfone groups is 1. The lowest BCUT2D eigenvalue weighted by molar-refractivity contribution is 0.0406. The second-order valence-corrected chi connectivity index (χ2v) is 10.1. The normalized spacial score (nSPS) is 30.5. The molecule has 0 aliphatic carbocycles. The van der Waals surface area contributed by atoms with Crippen LogP contribution in [0.2, 0.25) is 0 Å². The number of carbonyl (C=O) groups is 1. The number of carbonyl (C=O) groups excluding carboxylic acids is 1. The average molecular weight is 406 g/mol. The van der Waals surface area contributed by atoms with Crippen LogP contribution in [-0.2, 0) is 14.6 Å². The third kappa shape index (κ3) is 2.99. The van der Waals surface area contributed by atoms with Gasteiger partial charge in [0.25, 0.3) is 5.91 Å². The number of amides is 1. The molecule has 3 aliphatic rings. The van der Waals surface area contributed by atoms with Crippen LogP contribution in [0, 0.1) is 5.92 Å². The summed E-state index contributed by atoms with van der Waals surface area (Å²) < 4.78 is 36.0. The zero-order valence-corrected chi connectivity index (χ0v) is 16.1. The third-order valence-corrected chi connectivity index (χ3v) is 8.46. The van der Waals surface area contributed by atoms with Gasteiger partial charge >= 0.3 is 0 Å². The monoisotopic (exact) mass is 406 g/mol. The molecule has 1 amide bonds. The van der Waals surface area contributed by atoms with E-state index in [0.29, 0.717) is 30.2 Å². The van der Waals surface area contributed by atoms with Gasteiger partial charge in [-0.05, 0) is 25.0 Å². The molecule has 2 aromatic heterocycles. The molecule has 3 atom stereocenters. The Morgan fingerprint density at radius 2 is 2.07 bits per heavy atom. The Bertz CT molecular complexity index is 1000. The molecule has 3 aliphatic heterocycles. The number of fused-ring (bicyclic) bond motifs is 2. The van der Waals surface area contributed by atoms with Gasteiger partial charge in [0, 0.05) is 50.5 Å². The number of hydrogen-bond acceptors (Lipinski definition) is 8. The first-order valence-electron chi connectivity index (χ1n) is 9.57. The maximum Gasteiger partial charge on any atom is 0.290 e. The second kappa shape index (κ2) is 6.78. The Labute approximate surface area is 162 Å². The van der Waals surface area contributed by atoms with Crippen molar-refractivity contribution in [3.63, 3.8) is 0 Å². The summed E-state index contributed by atoms with van der Waals surface area (Å²) in [4.78, 5) is 19.1. The lowest BCUT2D eigenvalue weighted by Crippen LogP contribution is -2.44. The molecule has 2 aromatic rings. The smallest absolute Gasteiger partial charge is 0.290 e. The number of pyridine rings is 1. The predicted molar refractivity (Wildman–Crippen MR) is 99.5 cm³/mol. The van der Waals surface area contributed by atoms with Crippen molar-refractivity contribution >= 4 is 26.8 Å². The van der Waals surface area contributed by atoms with E-state index in [-0.39, 0.29) is 17.4 Å². The van der Waals surface area contributed by atoms with Gasteiger partial charge in [0.15, 0.2) is 9.84 Å². The van der Waals surface area contributed by atoms with Crippen molar-refractivity contribution in [2.45, 2.75) is 30.2 Å². The molecule has 0 radical (unpaired) electrons. The van der Waals surface area contributed by atoms with Crippen molar-refractivity contribution in [2.24, 2.45) is 5.92 Å². The van der Waals surface area contributed by atoms with Crippen molar-refractivity contribution in [3.05, 3.63) is 24.1 Å². The van der Waals surface area contributed by atoms with Crippen LogP contribution in [0.15, 0.2) is 22.9 Å². The van der Waals surface area contributed by atoms with Crippen molar-refractivity contribution < 1.29 is 22.5 Å². The highest BCUT2D eigenvalue weighted by atomic mass is 32.2. The summed E-state index contributed by atoms with van der Waals surface area (Å²) in [6.07, 6.45) is 3.42. The molecule has 0 aromatic carbocycles. The van der Waals surface area contributed by atoms with Crippen molar-refractivity contribution in [1.29, 1.82) is 0 Å². The highest BCUT2D eigenvalue weighted by Gasteiger charge is 2.53. The van der Waals surface area contributed by atoms with E-state index in [1.165, 1.54) is 0 Å². The Hall–Kier alpha value is -2.04. The van der Waals surface area contributed by atoms with Crippen molar-refractivity contribution in [1.82, 2.24) is 20.4 Å². The molecule has 3 fully saturated rings. The molecule has 5 rings (SSSR count). The minimum Gasteiger partial charge on any atom is -0.381 e. The molecule has 5 heterocycles. The summed E-state index contributed by atoms with van der Waals surface area (Å²) in [5.74, 6) is -0.506. The van der Waals surface area contributed by atoms with Gasteiger partial charge in [0.1, 0.15) is 0 Å². The molecule has 0 spiro atoms. The van der Waals surface area contributed by atoms with Crippen LogP contribution in [-0.4, -0.2) is 78.8 Å². The summed E-state index contributed by atoms with van der Waals surface area (Å²) in [6, 6.07) is 3.35. The van der Waals surface area contributed by atoms with E-state index in [1.54, 1.807) is 18.3 Å². The standard InChI is InChI=1S/C18H22N4O5S/c23-18(16-12-2-1-5-19-17(12)21-27-16)20-14-10-28(24,25)15-9-22(8-13(14)15)11-3-6-26-7-4-11/h1-2,5,11,13-15H,3-4,6-10H2,(H,20,23)/t13-,14+,15-/m0/s1. The van der Waals surface area contributed by atoms with E-state index in [0.717, 1.165) is 26.1 Å². The molecule has 150 valence electrons. The van der Waals surface area contributed by atoms with Crippen LogP contribution < -0.4 is 5.32 Å². The van der Waals surface area contributed by atoms with Gasteiger partial charge in [-0.2, -0.15) is 0 Å². The summed E-state index contributed by atoms with van der Waals surface area (Å²) in [5.41, 5.74) is 0.358. The molecule has 0 saturated carbocycles. The van der Waals surface area contributed by atoms with E-state index in [2.05, 4.69) is 20.4 Å². The summed E-state index contributed by atoms with van der Waals surface area (Å²) >= 11 is 0. The maximum atomic E-state index is 12.8. The van der Waals surface area contributed by atoms with Crippen LogP contribution in [0.3, 0.4) is 0 Å². The van der Waals surface area contributed by atoms with Gasteiger partial charge in [0.05, 0.1) is 16.4 Å². The topological polar surface area (TPSA) is 115 Å². The number of ether oxygens (including phenoxy) is 1. The number of hydrogen-bond donors (Lipinski definition) is 1. The van der Waals surface area contributed by atoms with Crippen LogP contribution in [0.4, 0.5) is 0 Å².